The third-order valence-corrected chi connectivity index (χ3v) is 4.50. The highest BCUT2D eigenvalue weighted by Gasteiger charge is 2.50. The summed E-state index contributed by atoms with van der Waals surface area (Å²) in [4.78, 5) is 0. The molecule has 14 heavy (non-hydrogen) atoms. The molecule has 2 heteroatoms. The molecule has 0 spiro atoms. The van der Waals surface area contributed by atoms with Crippen molar-refractivity contribution in [2.75, 3.05) is 0 Å². The van der Waals surface area contributed by atoms with Gasteiger partial charge in [-0.25, -0.2) is 0 Å². The second-order valence-corrected chi connectivity index (χ2v) is 5.71. The summed E-state index contributed by atoms with van der Waals surface area (Å²) >= 11 is 0. The molecule has 0 aromatic heterocycles. The van der Waals surface area contributed by atoms with E-state index in [2.05, 4.69) is 0 Å². The molecule has 0 nitrogen and oxygen atoms in total. The zero-order valence-corrected chi connectivity index (χ0v) is 8.31. The minimum Gasteiger partial charge on any atom is -0.174 e. The summed E-state index contributed by atoms with van der Waals surface area (Å²) in [5.41, 5.74) is -0.0897. The minimum absolute atomic E-state index is 0.0897. The summed E-state index contributed by atoms with van der Waals surface area (Å²) in [6.07, 6.45) is 6.91. The van der Waals surface area contributed by atoms with Gasteiger partial charge in [-0.3, -0.25) is 0 Å². The Morgan fingerprint density at radius 1 is 0.929 bits per heavy atom. The van der Waals surface area contributed by atoms with E-state index in [0.717, 1.165) is 37.0 Å². The van der Waals surface area contributed by atoms with Crippen LogP contribution in [0.25, 0.3) is 0 Å². The van der Waals surface area contributed by atoms with Gasteiger partial charge >= 0.3 is 0 Å². The van der Waals surface area contributed by atoms with Crippen molar-refractivity contribution in [2.45, 2.75) is 38.5 Å². The van der Waals surface area contributed by atoms with Crippen molar-refractivity contribution >= 4 is 0 Å². The highest BCUT2D eigenvalue weighted by Crippen LogP contribution is 2.60. The van der Waals surface area contributed by atoms with Crippen molar-refractivity contribution in [2.24, 2.45) is 23.2 Å². The van der Waals surface area contributed by atoms with Crippen molar-refractivity contribution < 1.29 is 8.78 Å². The first-order valence-electron chi connectivity index (χ1n) is 5.69. The first-order chi connectivity index (χ1) is 6.65. The van der Waals surface area contributed by atoms with Crippen LogP contribution < -0.4 is 0 Å². The Labute approximate surface area is 83.4 Å². The maximum atomic E-state index is 12.4. The largest absolute Gasteiger partial charge is 0.266 e. The highest BCUT2D eigenvalue weighted by atomic mass is 19.3. The summed E-state index contributed by atoms with van der Waals surface area (Å²) in [5, 5.41) is 0. The van der Waals surface area contributed by atoms with Crippen LogP contribution >= 0.6 is 0 Å². The Bertz CT molecular complexity index is 241. The number of hydrogen-bond acceptors (Lipinski definition) is 0. The van der Waals surface area contributed by atoms with Crippen LogP contribution in [0.1, 0.15) is 38.5 Å². The molecule has 0 aromatic rings. The third kappa shape index (κ3) is 1.31. The van der Waals surface area contributed by atoms with Gasteiger partial charge in [0.25, 0.3) is 6.08 Å². The molecular weight excluding hydrogens is 182 g/mol. The summed E-state index contributed by atoms with van der Waals surface area (Å²) < 4.78 is 24.8. The first kappa shape index (κ1) is 8.87. The van der Waals surface area contributed by atoms with Crippen molar-refractivity contribution in [3.05, 3.63) is 12.2 Å². The van der Waals surface area contributed by atoms with Gasteiger partial charge in [0.05, 0.1) is 0 Å². The molecule has 0 atom stereocenters. The fourth-order valence-electron chi connectivity index (χ4n) is 4.59. The number of halogens is 2. The van der Waals surface area contributed by atoms with E-state index in [-0.39, 0.29) is 5.41 Å². The van der Waals surface area contributed by atoms with Gasteiger partial charge in [-0.15, -0.1) is 0 Å². The molecule has 0 heterocycles. The maximum Gasteiger partial charge on any atom is 0.266 e. The van der Waals surface area contributed by atoms with E-state index in [1.165, 1.54) is 25.3 Å². The molecule has 4 saturated carbocycles. The lowest BCUT2D eigenvalue weighted by Gasteiger charge is -2.55. The first-order valence-corrected chi connectivity index (χ1v) is 5.69. The predicted molar refractivity (Wildman–Crippen MR) is 50.9 cm³/mol. The van der Waals surface area contributed by atoms with Gasteiger partial charge in [0.1, 0.15) is 0 Å². The molecule has 0 amide bonds. The van der Waals surface area contributed by atoms with Crippen LogP contribution in [0.15, 0.2) is 12.2 Å². The van der Waals surface area contributed by atoms with Crippen molar-refractivity contribution in [3.63, 3.8) is 0 Å². The van der Waals surface area contributed by atoms with E-state index in [1.54, 1.807) is 0 Å². The number of allylic oxidation sites excluding steroid dienone is 1. The third-order valence-electron chi connectivity index (χ3n) is 4.50. The average molecular weight is 198 g/mol. The van der Waals surface area contributed by atoms with Crippen LogP contribution in [-0.2, 0) is 0 Å². The van der Waals surface area contributed by atoms with Crippen LogP contribution in [0, 0.1) is 23.2 Å². The lowest BCUT2D eigenvalue weighted by atomic mass is 9.50. The lowest BCUT2D eigenvalue weighted by molar-refractivity contribution is -0.0256. The van der Waals surface area contributed by atoms with Crippen molar-refractivity contribution in [1.82, 2.24) is 0 Å². The summed E-state index contributed by atoms with van der Waals surface area (Å²) in [7, 11) is 0. The van der Waals surface area contributed by atoms with Crippen molar-refractivity contribution in [3.8, 4) is 0 Å². The maximum absolute atomic E-state index is 12.4. The zero-order valence-electron chi connectivity index (χ0n) is 8.31. The van der Waals surface area contributed by atoms with Gasteiger partial charge < -0.3 is 0 Å². The van der Waals surface area contributed by atoms with Gasteiger partial charge in [-0.2, -0.15) is 8.78 Å². The fourth-order valence-corrected chi connectivity index (χ4v) is 4.59. The summed E-state index contributed by atoms with van der Waals surface area (Å²) in [5.74, 6) is 2.28. The average Bonchev–Trinajstić information content (AvgIpc) is 1.96. The second-order valence-electron chi connectivity index (χ2n) is 5.71. The van der Waals surface area contributed by atoms with E-state index in [4.69, 9.17) is 0 Å². The van der Waals surface area contributed by atoms with E-state index in [1.807, 2.05) is 0 Å². The van der Waals surface area contributed by atoms with Crippen LogP contribution in [0.2, 0.25) is 0 Å². The zero-order chi connectivity index (χ0) is 9.76. The monoisotopic (exact) mass is 198 g/mol. The summed E-state index contributed by atoms with van der Waals surface area (Å²) in [6.45, 7) is 0. The molecule has 4 aliphatic rings. The fraction of sp³-hybridized carbons (Fsp3) is 0.833. The molecule has 0 radical (unpaired) electrons. The van der Waals surface area contributed by atoms with Crippen LogP contribution in [0.5, 0.6) is 0 Å². The molecule has 4 bridgehead atoms. The molecule has 0 aliphatic heterocycles. The van der Waals surface area contributed by atoms with Gasteiger partial charge in [0.15, 0.2) is 0 Å². The van der Waals surface area contributed by atoms with E-state index in [9.17, 15) is 8.78 Å². The molecule has 4 aliphatic carbocycles. The van der Waals surface area contributed by atoms with Gasteiger partial charge in [-0.05, 0) is 67.8 Å². The summed E-state index contributed by atoms with van der Waals surface area (Å²) in [6, 6.07) is 0. The molecule has 4 rings (SSSR count). The van der Waals surface area contributed by atoms with Crippen LogP contribution in [0.3, 0.4) is 0 Å². The van der Waals surface area contributed by atoms with Gasteiger partial charge in [-0.1, -0.05) is 0 Å². The minimum atomic E-state index is -1.45. The lowest BCUT2D eigenvalue weighted by Crippen LogP contribution is -2.45. The predicted octanol–water partition coefficient (Wildman–Crippen LogP) is 3.98. The normalized spacial score (nSPS) is 49.4. The number of hydrogen-bond donors (Lipinski definition) is 0. The quantitative estimate of drug-likeness (QED) is 0.597. The molecule has 0 unspecified atom stereocenters. The standard InChI is InChI=1S/C12H16F2/c13-11(14)7-12-4-8-1-9(5-12)3-10(2-8)6-12/h7-10H,1-6H2. The van der Waals surface area contributed by atoms with Crippen LogP contribution in [-0.4, -0.2) is 0 Å². The smallest absolute Gasteiger partial charge is 0.174 e. The molecular formula is C12H16F2. The van der Waals surface area contributed by atoms with Gasteiger partial charge in [0.2, 0.25) is 0 Å². The molecule has 0 aromatic carbocycles. The van der Waals surface area contributed by atoms with Crippen molar-refractivity contribution in [1.29, 1.82) is 0 Å². The van der Waals surface area contributed by atoms with E-state index in [0.29, 0.717) is 0 Å². The molecule has 0 saturated heterocycles. The Hall–Kier alpha value is -0.400. The molecule has 0 N–H and O–H groups in total. The van der Waals surface area contributed by atoms with E-state index >= 15 is 0 Å². The van der Waals surface area contributed by atoms with E-state index < -0.39 is 6.08 Å². The second kappa shape index (κ2) is 2.80. The van der Waals surface area contributed by atoms with Crippen LogP contribution in [0.4, 0.5) is 8.78 Å². The Morgan fingerprint density at radius 3 is 1.71 bits per heavy atom. The highest BCUT2D eigenvalue weighted by molar-refractivity contribution is 5.10. The number of rotatable bonds is 1. The Kier molecular flexibility index (Phi) is 1.78. The van der Waals surface area contributed by atoms with Gasteiger partial charge in [0, 0.05) is 0 Å². The topological polar surface area (TPSA) is 0 Å². The SMILES string of the molecule is FC(F)=CC12CC3CC(CC(C3)C1)C2. The Balaban J connectivity index is 1.91. The molecule has 78 valence electrons. The Morgan fingerprint density at radius 2 is 1.36 bits per heavy atom. The molecule has 4 fully saturated rings.